The van der Waals surface area contributed by atoms with Crippen molar-refractivity contribution >= 4 is 54.5 Å². The second-order valence-corrected chi connectivity index (χ2v) is 8.36. The van der Waals surface area contributed by atoms with Gasteiger partial charge in [-0.1, -0.05) is 27.5 Å². The van der Waals surface area contributed by atoms with E-state index in [1.807, 2.05) is 0 Å². The summed E-state index contributed by atoms with van der Waals surface area (Å²) in [6, 6.07) is 9.29. The first kappa shape index (κ1) is 14.7. The van der Waals surface area contributed by atoms with Crippen molar-refractivity contribution in [1.29, 1.82) is 0 Å². The van der Waals surface area contributed by atoms with Crippen LogP contribution in [0.5, 0.6) is 0 Å². The molecular formula is C12H8BrClO3S2. The fourth-order valence-electron chi connectivity index (χ4n) is 1.43. The van der Waals surface area contributed by atoms with Crippen LogP contribution in [0.25, 0.3) is 0 Å². The molecule has 1 aromatic heterocycles. The molecule has 100 valence electrons. The molecule has 0 saturated heterocycles. The molecule has 7 heteroatoms. The molecule has 0 radical (unpaired) electrons. The molecule has 3 nitrogen and oxygen atoms in total. The number of halogens is 2. The first-order valence-corrected chi connectivity index (χ1v) is 8.79. The first-order chi connectivity index (χ1) is 8.88. The van der Waals surface area contributed by atoms with Crippen molar-refractivity contribution in [2.75, 3.05) is 5.75 Å². The number of Topliss-reactive ketones (excluding diaryl/α,β-unsaturated/α-hetero) is 1. The summed E-state index contributed by atoms with van der Waals surface area (Å²) in [5, 5.41) is 0. The minimum Gasteiger partial charge on any atom is -0.292 e. The van der Waals surface area contributed by atoms with E-state index in [1.165, 1.54) is 18.2 Å². The summed E-state index contributed by atoms with van der Waals surface area (Å²) in [6.45, 7) is 0. The molecule has 0 fully saturated rings. The monoisotopic (exact) mass is 378 g/mol. The summed E-state index contributed by atoms with van der Waals surface area (Å²) >= 11 is 10.0. The molecule has 0 aliphatic rings. The van der Waals surface area contributed by atoms with Gasteiger partial charge in [-0.2, -0.15) is 0 Å². The Hall–Kier alpha value is -0.690. The number of hydrogen-bond donors (Lipinski definition) is 0. The van der Waals surface area contributed by atoms with Gasteiger partial charge in [0.1, 0.15) is 5.75 Å². The van der Waals surface area contributed by atoms with Gasteiger partial charge in [-0.25, -0.2) is 8.42 Å². The van der Waals surface area contributed by atoms with Crippen molar-refractivity contribution in [3.63, 3.8) is 0 Å². The van der Waals surface area contributed by atoms with E-state index in [9.17, 15) is 13.2 Å². The van der Waals surface area contributed by atoms with Crippen LogP contribution < -0.4 is 0 Å². The summed E-state index contributed by atoms with van der Waals surface area (Å²) < 4.78 is 25.4. The minimum absolute atomic E-state index is 0.131. The van der Waals surface area contributed by atoms with Crippen LogP contribution >= 0.6 is 38.9 Å². The number of benzene rings is 1. The van der Waals surface area contributed by atoms with Gasteiger partial charge in [0.2, 0.25) is 0 Å². The quantitative estimate of drug-likeness (QED) is 0.759. The van der Waals surface area contributed by atoms with Gasteiger partial charge in [0, 0.05) is 4.47 Å². The lowest BCUT2D eigenvalue weighted by molar-refractivity contribution is 0.102. The van der Waals surface area contributed by atoms with E-state index in [2.05, 4.69) is 15.9 Å². The third-order valence-corrected chi connectivity index (χ3v) is 5.78. The first-order valence-electron chi connectivity index (χ1n) is 5.15. The maximum absolute atomic E-state index is 12.1. The van der Waals surface area contributed by atoms with E-state index < -0.39 is 21.4 Å². The van der Waals surface area contributed by atoms with Crippen LogP contribution in [0.2, 0.25) is 4.34 Å². The average Bonchev–Trinajstić information content (AvgIpc) is 2.76. The maximum Gasteiger partial charge on any atom is 0.188 e. The number of hydrogen-bond acceptors (Lipinski definition) is 4. The number of rotatable bonds is 4. The highest BCUT2D eigenvalue weighted by molar-refractivity contribution is 9.10. The highest BCUT2D eigenvalue weighted by Gasteiger charge is 2.21. The van der Waals surface area contributed by atoms with E-state index in [-0.39, 0.29) is 4.90 Å². The number of sulfone groups is 1. The topological polar surface area (TPSA) is 51.2 Å². The van der Waals surface area contributed by atoms with Crippen molar-refractivity contribution in [3.05, 3.63) is 50.1 Å². The molecule has 19 heavy (non-hydrogen) atoms. The van der Waals surface area contributed by atoms with Gasteiger partial charge in [-0.05, 0) is 36.4 Å². The zero-order valence-corrected chi connectivity index (χ0v) is 13.4. The summed E-state index contributed by atoms with van der Waals surface area (Å²) in [5.41, 5.74) is 0. The van der Waals surface area contributed by atoms with Crippen LogP contribution in [0.3, 0.4) is 0 Å². The Bertz CT molecular complexity index is 705. The molecular weight excluding hydrogens is 372 g/mol. The molecule has 0 amide bonds. The molecule has 1 heterocycles. The van der Waals surface area contributed by atoms with Crippen molar-refractivity contribution in [2.45, 2.75) is 4.90 Å². The van der Waals surface area contributed by atoms with Crippen LogP contribution in [0.4, 0.5) is 0 Å². The summed E-state index contributed by atoms with van der Waals surface area (Å²) in [4.78, 5) is 12.4. The van der Waals surface area contributed by atoms with Gasteiger partial charge < -0.3 is 0 Å². The van der Waals surface area contributed by atoms with Crippen LogP contribution in [0, 0.1) is 0 Å². The SMILES string of the molecule is O=C(CS(=O)(=O)c1ccc(Br)cc1)c1ccc(Cl)s1. The third-order valence-electron chi connectivity index (χ3n) is 2.34. The smallest absolute Gasteiger partial charge is 0.188 e. The van der Waals surface area contributed by atoms with Gasteiger partial charge >= 0.3 is 0 Å². The van der Waals surface area contributed by atoms with Crippen LogP contribution in [0.1, 0.15) is 9.67 Å². The van der Waals surface area contributed by atoms with E-state index in [0.717, 1.165) is 15.8 Å². The van der Waals surface area contributed by atoms with Crippen molar-refractivity contribution in [1.82, 2.24) is 0 Å². The Labute approximate surface area is 128 Å². The summed E-state index contributed by atoms with van der Waals surface area (Å²) in [5.74, 6) is -0.995. The largest absolute Gasteiger partial charge is 0.292 e. The van der Waals surface area contributed by atoms with E-state index in [4.69, 9.17) is 11.6 Å². The van der Waals surface area contributed by atoms with Crippen LogP contribution in [-0.2, 0) is 9.84 Å². The van der Waals surface area contributed by atoms with E-state index >= 15 is 0 Å². The van der Waals surface area contributed by atoms with Gasteiger partial charge in [0.25, 0.3) is 0 Å². The average molecular weight is 380 g/mol. The molecule has 0 atom stereocenters. The molecule has 0 spiro atoms. The lowest BCUT2D eigenvalue weighted by atomic mass is 10.3. The van der Waals surface area contributed by atoms with Gasteiger partial charge in [-0.3, -0.25) is 4.79 Å². The molecule has 0 aliphatic carbocycles. The molecule has 0 aliphatic heterocycles. The highest BCUT2D eigenvalue weighted by atomic mass is 79.9. The Morgan fingerprint density at radius 3 is 2.32 bits per heavy atom. The number of thiophene rings is 1. The third kappa shape index (κ3) is 3.66. The molecule has 0 unspecified atom stereocenters. The molecule has 1 aromatic carbocycles. The van der Waals surface area contributed by atoms with Crippen molar-refractivity contribution in [3.8, 4) is 0 Å². The zero-order chi connectivity index (χ0) is 14.0. The fourth-order valence-corrected chi connectivity index (χ4v) is 3.99. The Morgan fingerprint density at radius 2 is 1.79 bits per heavy atom. The second kappa shape index (κ2) is 5.75. The maximum atomic E-state index is 12.1. The summed E-state index contributed by atoms with van der Waals surface area (Å²) in [7, 11) is -3.62. The molecule has 2 aromatic rings. The number of ketones is 1. The van der Waals surface area contributed by atoms with Crippen LogP contribution in [-0.4, -0.2) is 20.0 Å². The standard InChI is InChI=1S/C12H8BrClO3S2/c13-8-1-3-9(4-2-8)19(16,17)7-10(15)11-5-6-12(14)18-11/h1-6H,7H2. The van der Waals surface area contributed by atoms with Crippen LogP contribution in [0.15, 0.2) is 45.8 Å². The predicted octanol–water partition coefficient (Wildman–Crippen LogP) is 3.82. The van der Waals surface area contributed by atoms with E-state index in [1.54, 1.807) is 18.2 Å². The highest BCUT2D eigenvalue weighted by Crippen LogP contribution is 2.23. The van der Waals surface area contributed by atoms with Gasteiger partial charge in [0.05, 0.1) is 14.1 Å². The number of carbonyl (C=O) groups excluding carboxylic acids is 1. The Morgan fingerprint density at radius 1 is 1.16 bits per heavy atom. The van der Waals surface area contributed by atoms with Gasteiger partial charge in [0.15, 0.2) is 15.6 Å². The Balaban J connectivity index is 2.22. The molecule has 0 saturated carbocycles. The molecule has 2 rings (SSSR count). The second-order valence-electron chi connectivity index (χ2n) is 3.74. The zero-order valence-electron chi connectivity index (χ0n) is 9.47. The predicted molar refractivity (Wildman–Crippen MR) is 79.9 cm³/mol. The lowest BCUT2D eigenvalue weighted by Crippen LogP contribution is -2.15. The van der Waals surface area contributed by atoms with Crippen molar-refractivity contribution in [2.24, 2.45) is 0 Å². The normalized spacial score (nSPS) is 11.5. The van der Waals surface area contributed by atoms with Crippen molar-refractivity contribution < 1.29 is 13.2 Å². The van der Waals surface area contributed by atoms with E-state index in [0.29, 0.717) is 9.21 Å². The van der Waals surface area contributed by atoms with Gasteiger partial charge in [-0.15, -0.1) is 11.3 Å². The Kier molecular flexibility index (Phi) is 4.45. The molecule has 0 N–H and O–H groups in total. The number of carbonyl (C=O) groups is 1. The lowest BCUT2D eigenvalue weighted by Gasteiger charge is -2.03. The fraction of sp³-hybridized carbons (Fsp3) is 0.0833. The molecule has 0 bridgehead atoms. The minimum atomic E-state index is -3.62. The summed E-state index contributed by atoms with van der Waals surface area (Å²) in [6.07, 6.45) is 0.